The second-order valence-corrected chi connectivity index (χ2v) is 7.26. The van der Waals surface area contributed by atoms with Gasteiger partial charge in [0, 0.05) is 0 Å². The molecular weight excluding hydrogens is 370 g/mol. The van der Waals surface area contributed by atoms with Crippen LogP contribution >= 0.6 is 27.3 Å². The zero-order chi connectivity index (χ0) is 16.2. The number of hydrogen-bond acceptors (Lipinski definition) is 4. The van der Waals surface area contributed by atoms with Crippen LogP contribution in [0.2, 0.25) is 0 Å². The minimum absolute atomic E-state index is 0.176. The fourth-order valence-corrected chi connectivity index (χ4v) is 2.93. The van der Waals surface area contributed by atoms with Crippen LogP contribution in [0.4, 0.5) is 0 Å². The molecular formula is C15H14BrNO4S. The van der Waals surface area contributed by atoms with E-state index in [-0.39, 0.29) is 6.61 Å². The third-order valence-corrected chi connectivity index (χ3v) is 4.55. The highest BCUT2D eigenvalue weighted by Crippen LogP contribution is 2.22. The summed E-state index contributed by atoms with van der Waals surface area (Å²) < 4.78 is 6.27. The Labute approximate surface area is 140 Å². The Hall–Kier alpha value is -1.86. The van der Waals surface area contributed by atoms with Gasteiger partial charge in [0.1, 0.15) is 12.4 Å². The lowest BCUT2D eigenvalue weighted by molar-refractivity contribution is -0.145. The van der Waals surface area contributed by atoms with Crippen molar-refractivity contribution < 1.29 is 19.4 Å². The fourth-order valence-electron chi connectivity index (χ4n) is 1.64. The van der Waals surface area contributed by atoms with Crippen molar-refractivity contribution in [3.63, 3.8) is 0 Å². The smallest absolute Gasteiger partial charge is 0.332 e. The predicted octanol–water partition coefficient (Wildman–Crippen LogP) is 3.16. The van der Waals surface area contributed by atoms with Crippen molar-refractivity contribution in [3.05, 3.63) is 51.1 Å². The number of benzene rings is 1. The number of hydrogen-bond donors (Lipinski definition) is 2. The lowest BCUT2D eigenvalue weighted by atomic mass is 10.0. The molecule has 116 valence electrons. The molecule has 2 aromatic rings. The normalized spacial score (nSPS) is 13.2. The van der Waals surface area contributed by atoms with Crippen LogP contribution in [-0.4, -0.2) is 29.1 Å². The Morgan fingerprint density at radius 3 is 2.50 bits per heavy atom. The van der Waals surface area contributed by atoms with Crippen molar-refractivity contribution in [1.29, 1.82) is 0 Å². The lowest BCUT2D eigenvalue weighted by Gasteiger charge is -2.26. The summed E-state index contributed by atoms with van der Waals surface area (Å²) in [4.78, 5) is 24.1. The van der Waals surface area contributed by atoms with Crippen LogP contribution in [0.3, 0.4) is 0 Å². The van der Waals surface area contributed by atoms with Crippen molar-refractivity contribution in [2.75, 3.05) is 6.61 Å². The van der Waals surface area contributed by atoms with E-state index in [1.807, 2.05) is 6.07 Å². The number of halogens is 1. The molecule has 0 aliphatic heterocycles. The molecule has 0 radical (unpaired) electrons. The van der Waals surface area contributed by atoms with Gasteiger partial charge < -0.3 is 15.2 Å². The number of carboxylic acids is 1. The predicted molar refractivity (Wildman–Crippen MR) is 87.5 cm³/mol. The SMILES string of the molecule is CC(COc1ccccc1)(NC(=O)c1ccc(Br)s1)C(=O)O. The first-order valence-corrected chi connectivity index (χ1v) is 8.01. The maximum Gasteiger partial charge on any atom is 0.332 e. The van der Waals surface area contributed by atoms with Crippen molar-refractivity contribution in [1.82, 2.24) is 5.32 Å². The quantitative estimate of drug-likeness (QED) is 0.802. The van der Waals surface area contributed by atoms with E-state index in [9.17, 15) is 14.7 Å². The van der Waals surface area contributed by atoms with Gasteiger partial charge in [0.25, 0.3) is 5.91 Å². The van der Waals surface area contributed by atoms with E-state index in [2.05, 4.69) is 21.2 Å². The molecule has 1 aromatic carbocycles. The molecule has 1 atom stereocenters. The molecule has 5 nitrogen and oxygen atoms in total. The van der Waals surface area contributed by atoms with E-state index in [0.29, 0.717) is 10.6 Å². The van der Waals surface area contributed by atoms with Gasteiger partial charge in [-0.3, -0.25) is 4.79 Å². The molecule has 7 heteroatoms. The second kappa shape index (κ2) is 6.93. The summed E-state index contributed by atoms with van der Waals surface area (Å²) in [6.45, 7) is 1.24. The zero-order valence-corrected chi connectivity index (χ0v) is 14.1. The van der Waals surface area contributed by atoms with Gasteiger partial charge in [-0.2, -0.15) is 0 Å². The van der Waals surface area contributed by atoms with Gasteiger partial charge in [0.05, 0.1) is 8.66 Å². The summed E-state index contributed by atoms with van der Waals surface area (Å²) >= 11 is 4.50. The topological polar surface area (TPSA) is 75.6 Å². The highest BCUT2D eigenvalue weighted by molar-refractivity contribution is 9.11. The molecule has 22 heavy (non-hydrogen) atoms. The molecule has 0 aliphatic carbocycles. The van der Waals surface area contributed by atoms with Gasteiger partial charge in [-0.05, 0) is 47.1 Å². The van der Waals surface area contributed by atoms with Crippen LogP contribution in [-0.2, 0) is 4.79 Å². The molecule has 0 saturated heterocycles. The first-order chi connectivity index (χ1) is 10.4. The first-order valence-electron chi connectivity index (χ1n) is 6.40. The molecule has 0 bridgehead atoms. The Bertz CT molecular complexity index is 673. The van der Waals surface area contributed by atoms with E-state index in [0.717, 1.165) is 3.79 Å². The van der Waals surface area contributed by atoms with E-state index in [1.165, 1.54) is 18.3 Å². The van der Waals surface area contributed by atoms with Crippen LogP contribution in [0.5, 0.6) is 5.75 Å². The number of aliphatic carboxylic acids is 1. The van der Waals surface area contributed by atoms with E-state index in [1.54, 1.807) is 36.4 Å². The molecule has 1 amide bonds. The summed E-state index contributed by atoms with van der Waals surface area (Å²) in [5.74, 6) is -1.06. The third kappa shape index (κ3) is 4.08. The van der Waals surface area contributed by atoms with Gasteiger partial charge in [-0.1, -0.05) is 18.2 Å². The number of ether oxygens (including phenoxy) is 1. The standard InChI is InChI=1S/C15H14BrNO4S/c1-15(14(19)20,9-21-10-5-3-2-4-6-10)17-13(18)11-7-8-12(16)22-11/h2-8H,9H2,1H3,(H,17,18)(H,19,20). The fraction of sp³-hybridized carbons (Fsp3) is 0.200. The summed E-state index contributed by atoms with van der Waals surface area (Å²) in [7, 11) is 0. The largest absolute Gasteiger partial charge is 0.491 e. The van der Waals surface area contributed by atoms with E-state index < -0.39 is 17.4 Å². The van der Waals surface area contributed by atoms with Crippen molar-refractivity contribution in [3.8, 4) is 5.75 Å². The van der Waals surface area contributed by atoms with Gasteiger partial charge in [0.2, 0.25) is 0 Å². The summed E-state index contributed by atoms with van der Waals surface area (Å²) in [6.07, 6.45) is 0. The van der Waals surface area contributed by atoms with E-state index in [4.69, 9.17) is 4.74 Å². The monoisotopic (exact) mass is 383 g/mol. The van der Waals surface area contributed by atoms with E-state index >= 15 is 0 Å². The number of carbonyl (C=O) groups is 2. The summed E-state index contributed by atoms with van der Waals surface area (Å²) in [5.41, 5.74) is -1.52. The molecule has 1 aromatic heterocycles. The van der Waals surface area contributed by atoms with Crippen LogP contribution in [0.15, 0.2) is 46.3 Å². The number of nitrogens with one attached hydrogen (secondary N) is 1. The Balaban J connectivity index is 2.07. The first kappa shape index (κ1) is 16.5. The molecule has 1 unspecified atom stereocenters. The lowest BCUT2D eigenvalue weighted by Crippen LogP contribution is -2.56. The molecule has 0 spiro atoms. The summed E-state index contributed by atoms with van der Waals surface area (Å²) in [5, 5.41) is 11.9. The summed E-state index contributed by atoms with van der Waals surface area (Å²) in [6, 6.07) is 12.2. The average Bonchev–Trinajstić information content (AvgIpc) is 2.93. The zero-order valence-electron chi connectivity index (χ0n) is 11.7. The number of amides is 1. The maximum atomic E-state index is 12.1. The van der Waals surface area contributed by atoms with Crippen molar-refractivity contribution >= 4 is 39.1 Å². The number of para-hydroxylation sites is 1. The number of carbonyl (C=O) groups excluding carboxylic acids is 1. The van der Waals surface area contributed by atoms with Gasteiger partial charge in [0.15, 0.2) is 5.54 Å². The van der Waals surface area contributed by atoms with Gasteiger partial charge >= 0.3 is 5.97 Å². The third-order valence-electron chi connectivity index (χ3n) is 2.93. The molecule has 1 heterocycles. The minimum atomic E-state index is -1.52. The Morgan fingerprint density at radius 1 is 1.27 bits per heavy atom. The number of carboxylic acid groups (broad SMARTS) is 1. The minimum Gasteiger partial charge on any atom is -0.491 e. The van der Waals surface area contributed by atoms with Crippen molar-refractivity contribution in [2.45, 2.75) is 12.5 Å². The Morgan fingerprint density at radius 2 is 1.95 bits per heavy atom. The Kier molecular flexibility index (Phi) is 5.20. The van der Waals surface area contributed by atoms with Gasteiger partial charge in [-0.25, -0.2) is 4.79 Å². The van der Waals surface area contributed by atoms with Crippen LogP contribution < -0.4 is 10.1 Å². The average molecular weight is 384 g/mol. The highest BCUT2D eigenvalue weighted by Gasteiger charge is 2.36. The highest BCUT2D eigenvalue weighted by atomic mass is 79.9. The van der Waals surface area contributed by atoms with Gasteiger partial charge in [-0.15, -0.1) is 11.3 Å². The number of thiophene rings is 1. The second-order valence-electron chi connectivity index (χ2n) is 4.80. The van der Waals surface area contributed by atoms with Crippen molar-refractivity contribution in [2.24, 2.45) is 0 Å². The molecule has 0 aliphatic rings. The molecule has 2 N–H and O–H groups in total. The van der Waals surface area contributed by atoms with Crippen LogP contribution in [0.25, 0.3) is 0 Å². The van der Waals surface area contributed by atoms with Crippen LogP contribution in [0.1, 0.15) is 16.6 Å². The van der Waals surface area contributed by atoms with Crippen LogP contribution in [0, 0.1) is 0 Å². The molecule has 0 saturated carbocycles. The number of rotatable bonds is 6. The molecule has 2 rings (SSSR count). The maximum absolute atomic E-state index is 12.1. The molecule has 0 fully saturated rings.